The molecule has 0 aliphatic heterocycles. The van der Waals surface area contributed by atoms with Gasteiger partial charge in [0.1, 0.15) is 0 Å². The lowest BCUT2D eigenvalue weighted by atomic mass is 10.2. The van der Waals surface area contributed by atoms with Crippen LogP contribution in [0.1, 0.15) is 25.0 Å². The Morgan fingerprint density at radius 3 is 2.19 bits per heavy atom. The van der Waals surface area contributed by atoms with Gasteiger partial charge in [-0.3, -0.25) is 0 Å². The molecule has 1 heterocycles. The van der Waals surface area contributed by atoms with Crippen LogP contribution in [-0.4, -0.2) is 27.9 Å². The summed E-state index contributed by atoms with van der Waals surface area (Å²) in [6, 6.07) is 17.2. The maximum absolute atomic E-state index is 4.41. The second-order valence-corrected chi connectivity index (χ2v) is 7.30. The summed E-state index contributed by atoms with van der Waals surface area (Å²) in [4.78, 5) is 2.34. The Kier molecular flexibility index (Phi) is 5.99. The van der Waals surface area contributed by atoms with E-state index in [0.717, 1.165) is 35.4 Å². The molecule has 0 amide bonds. The Bertz CT molecular complexity index is 833. The lowest BCUT2D eigenvalue weighted by Gasteiger charge is -2.21. The molecular formula is C21H26N4S. The fraction of sp³-hybridized carbons (Fsp3) is 0.333. The van der Waals surface area contributed by atoms with Crippen LogP contribution in [0.15, 0.2) is 53.7 Å². The van der Waals surface area contributed by atoms with Crippen molar-refractivity contribution in [1.29, 1.82) is 0 Å². The highest BCUT2D eigenvalue weighted by Gasteiger charge is 2.12. The zero-order valence-electron chi connectivity index (χ0n) is 15.9. The van der Waals surface area contributed by atoms with Gasteiger partial charge in [-0.05, 0) is 50.6 Å². The molecule has 0 atom stereocenters. The molecule has 0 radical (unpaired) electrons. The van der Waals surface area contributed by atoms with Gasteiger partial charge in [-0.25, -0.2) is 0 Å². The van der Waals surface area contributed by atoms with Crippen LogP contribution in [0.5, 0.6) is 0 Å². The van der Waals surface area contributed by atoms with Gasteiger partial charge in [-0.2, -0.15) is 0 Å². The summed E-state index contributed by atoms with van der Waals surface area (Å²) in [6.45, 7) is 8.49. The Hall–Kier alpha value is -2.27. The largest absolute Gasteiger partial charge is 0.372 e. The average Bonchev–Trinajstić information content (AvgIpc) is 3.03. The molecule has 0 unspecified atom stereocenters. The maximum atomic E-state index is 4.41. The van der Waals surface area contributed by atoms with Crippen LogP contribution in [0.25, 0.3) is 11.4 Å². The van der Waals surface area contributed by atoms with Crippen molar-refractivity contribution in [2.75, 3.05) is 18.0 Å². The SMILES string of the molecule is CCN(CC)c1ccc(-c2nnc(SCc3ccc(C)cc3)n2C)cc1. The molecule has 0 spiro atoms. The number of aromatic nitrogens is 3. The van der Waals surface area contributed by atoms with E-state index in [9.17, 15) is 0 Å². The van der Waals surface area contributed by atoms with Gasteiger partial charge in [-0.1, -0.05) is 41.6 Å². The summed E-state index contributed by atoms with van der Waals surface area (Å²) in [6.07, 6.45) is 0. The van der Waals surface area contributed by atoms with E-state index >= 15 is 0 Å². The van der Waals surface area contributed by atoms with Gasteiger partial charge in [0.25, 0.3) is 0 Å². The van der Waals surface area contributed by atoms with Crippen LogP contribution in [0.2, 0.25) is 0 Å². The summed E-state index contributed by atoms with van der Waals surface area (Å²) in [5.41, 5.74) is 4.93. The first-order chi connectivity index (χ1) is 12.6. The molecule has 0 bridgehead atoms. The van der Waals surface area contributed by atoms with E-state index in [1.165, 1.54) is 16.8 Å². The van der Waals surface area contributed by atoms with E-state index in [4.69, 9.17) is 0 Å². The molecule has 0 aliphatic carbocycles. The molecule has 0 saturated carbocycles. The minimum atomic E-state index is 0.896. The first-order valence-corrected chi connectivity index (χ1v) is 10.0. The van der Waals surface area contributed by atoms with E-state index in [2.05, 4.69) is 89.0 Å². The predicted molar refractivity (Wildman–Crippen MR) is 111 cm³/mol. The molecule has 136 valence electrons. The second-order valence-electron chi connectivity index (χ2n) is 6.36. The molecule has 0 saturated heterocycles. The number of benzene rings is 2. The molecule has 26 heavy (non-hydrogen) atoms. The summed E-state index contributed by atoms with van der Waals surface area (Å²) in [7, 11) is 2.03. The molecule has 5 heteroatoms. The Morgan fingerprint density at radius 2 is 1.58 bits per heavy atom. The summed E-state index contributed by atoms with van der Waals surface area (Å²) >= 11 is 1.72. The van der Waals surface area contributed by atoms with Gasteiger partial charge in [0.15, 0.2) is 11.0 Å². The number of rotatable bonds is 7. The van der Waals surface area contributed by atoms with Crippen molar-refractivity contribution in [3.63, 3.8) is 0 Å². The van der Waals surface area contributed by atoms with Crippen LogP contribution in [-0.2, 0) is 12.8 Å². The van der Waals surface area contributed by atoms with Crippen molar-refractivity contribution in [2.24, 2.45) is 7.05 Å². The molecule has 3 aromatic rings. The van der Waals surface area contributed by atoms with Gasteiger partial charge in [0.05, 0.1) is 0 Å². The van der Waals surface area contributed by atoms with Crippen molar-refractivity contribution < 1.29 is 0 Å². The number of thioether (sulfide) groups is 1. The third-order valence-corrected chi connectivity index (χ3v) is 5.67. The highest BCUT2D eigenvalue weighted by molar-refractivity contribution is 7.98. The lowest BCUT2D eigenvalue weighted by molar-refractivity contribution is 0.793. The van der Waals surface area contributed by atoms with Gasteiger partial charge in [-0.15, -0.1) is 10.2 Å². The second kappa shape index (κ2) is 8.41. The molecule has 0 N–H and O–H groups in total. The van der Waals surface area contributed by atoms with Crippen LogP contribution in [0.3, 0.4) is 0 Å². The normalized spacial score (nSPS) is 10.9. The fourth-order valence-corrected chi connectivity index (χ4v) is 3.80. The first kappa shape index (κ1) is 18.5. The van der Waals surface area contributed by atoms with Crippen LogP contribution < -0.4 is 4.90 Å². The van der Waals surface area contributed by atoms with Crippen molar-refractivity contribution in [2.45, 2.75) is 31.7 Å². The number of hydrogen-bond acceptors (Lipinski definition) is 4. The molecule has 3 rings (SSSR count). The van der Waals surface area contributed by atoms with E-state index < -0.39 is 0 Å². The zero-order valence-corrected chi connectivity index (χ0v) is 16.8. The highest BCUT2D eigenvalue weighted by Crippen LogP contribution is 2.26. The van der Waals surface area contributed by atoms with Crippen molar-refractivity contribution in [1.82, 2.24) is 14.8 Å². The smallest absolute Gasteiger partial charge is 0.191 e. The third kappa shape index (κ3) is 4.10. The maximum Gasteiger partial charge on any atom is 0.191 e. The van der Waals surface area contributed by atoms with Gasteiger partial charge in [0.2, 0.25) is 0 Å². The molecule has 0 fully saturated rings. The third-order valence-electron chi connectivity index (χ3n) is 4.58. The molecule has 2 aromatic carbocycles. The van der Waals surface area contributed by atoms with Gasteiger partial charge < -0.3 is 9.47 Å². The Labute approximate surface area is 160 Å². The first-order valence-electron chi connectivity index (χ1n) is 9.05. The minimum absolute atomic E-state index is 0.896. The standard InChI is InChI=1S/C21H26N4S/c1-5-25(6-2)19-13-11-18(12-14-19)20-22-23-21(24(20)4)26-15-17-9-7-16(3)8-10-17/h7-14H,5-6,15H2,1-4H3. The average molecular weight is 367 g/mol. The van der Waals surface area contributed by atoms with E-state index in [1.807, 2.05) is 7.05 Å². The molecule has 0 aliphatic rings. The number of aryl methyl sites for hydroxylation is 1. The summed E-state index contributed by atoms with van der Waals surface area (Å²) in [5.74, 6) is 1.80. The summed E-state index contributed by atoms with van der Waals surface area (Å²) in [5, 5.41) is 9.72. The van der Waals surface area contributed by atoms with E-state index in [1.54, 1.807) is 11.8 Å². The molecule has 1 aromatic heterocycles. The number of anilines is 1. The lowest BCUT2D eigenvalue weighted by Crippen LogP contribution is -2.21. The topological polar surface area (TPSA) is 34.0 Å². The predicted octanol–water partition coefficient (Wildman–Crippen LogP) is 4.93. The van der Waals surface area contributed by atoms with E-state index in [0.29, 0.717) is 0 Å². The van der Waals surface area contributed by atoms with Crippen LogP contribution >= 0.6 is 11.8 Å². The highest BCUT2D eigenvalue weighted by atomic mass is 32.2. The molecular weight excluding hydrogens is 340 g/mol. The zero-order chi connectivity index (χ0) is 18.5. The quantitative estimate of drug-likeness (QED) is 0.555. The fourth-order valence-electron chi connectivity index (χ4n) is 2.93. The number of nitrogens with zero attached hydrogens (tertiary/aromatic N) is 4. The van der Waals surface area contributed by atoms with Crippen molar-refractivity contribution >= 4 is 17.4 Å². The van der Waals surface area contributed by atoms with E-state index in [-0.39, 0.29) is 0 Å². The van der Waals surface area contributed by atoms with Crippen molar-refractivity contribution in [3.8, 4) is 11.4 Å². The van der Waals surface area contributed by atoms with Crippen molar-refractivity contribution in [3.05, 3.63) is 59.7 Å². The van der Waals surface area contributed by atoms with Gasteiger partial charge >= 0.3 is 0 Å². The Balaban J connectivity index is 1.73. The van der Waals surface area contributed by atoms with Gasteiger partial charge in [0, 0.05) is 37.1 Å². The van der Waals surface area contributed by atoms with Crippen LogP contribution in [0, 0.1) is 6.92 Å². The Morgan fingerprint density at radius 1 is 0.923 bits per heavy atom. The minimum Gasteiger partial charge on any atom is -0.372 e. The van der Waals surface area contributed by atoms with Crippen LogP contribution in [0.4, 0.5) is 5.69 Å². The monoisotopic (exact) mass is 366 g/mol. The number of hydrogen-bond donors (Lipinski definition) is 0. The summed E-state index contributed by atoms with van der Waals surface area (Å²) < 4.78 is 2.07. The molecule has 4 nitrogen and oxygen atoms in total.